The summed E-state index contributed by atoms with van der Waals surface area (Å²) in [6, 6.07) is 0. The third-order valence-electron chi connectivity index (χ3n) is 2.34. The second-order valence-corrected chi connectivity index (χ2v) is 3.60. The van der Waals surface area contributed by atoms with Crippen LogP contribution in [0.2, 0.25) is 0 Å². The Bertz CT molecular complexity index is 164. The first-order chi connectivity index (χ1) is 5.66. The fraction of sp³-hybridized carbons (Fsp3) is 0.889. The van der Waals surface area contributed by atoms with Gasteiger partial charge in [0.15, 0.2) is 0 Å². The average molecular weight is 171 g/mol. The first-order valence-electron chi connectivity index (χ1n) is 4.55. The Hall–Kier alpha value is -0.570. The highest BCUT2D eigenvalue weighted by Crippen LogP contribution is 2.30. The van der Waals surface area contributed by atoms with E-state index in [9.17, 15) is 4.79 Å². The summed E-state index contributed by atoms with van der Waals surface area (Å²) in [6.45, 7) is 4.77. The molecule has 1 amide bonds. The smallest absolute Gasteiger partial charge is 0.246 e. The molecule has 3 heteroatoms. The molecule has 0 atom stereocenters. The molecule has 3 nitrogen and oxygen atoms in total. The van der Waals surface area contributed by atoms with E-state index < -0.39 is 0 Å². The van der Waals surface area contributed by atoms with Crippen LogP contribution in [-0.2, 0) is 9.53 Å². The van der Waals surface area contributed by atoms with Crippen molar-refractivity contribution in [2.24, 2.45) is 0 Å². The van der Waals surface area contributed by atoms with Gasteiger partial charge in [-0.05, 0) is 33.1 Å². The Labute approximate surface area is 73.5 Å². The topological polar surface area (TPSA) is 38.3 Å². The van der Waals surface area contributed by atoms with Gasteiger partial charge in [-0.15, -0.1) is 0 Å². The number of ether oxygens (including phenoxy) is 1. The molecule has 0 aromatic carbocycles. The van der Waals surface area contributed by atoms with Crippen molar-refractivity contribution in [2.75, 3.05) is 13.2 Å². The molecule has 0 saturated heterocycles. The molecule has 12 heavy (non-hydrogen) atoms. The molecule has 1 saturated carbocycles. The highest BCUT2D eigenvalue weighted by Gasteiger charge is 2.32. The molecule has 1 fully saturated rings. The fourth-order valence-corrected chi connectivity index (χ4v) is 1.40. The average Bonchev–Trinajstić information content (AvgIpc) is 1.98. The quantitative estimate of drug-likeness (QED) is 0.687. The Morgan fingerprint density at radius 2 is 2.25 bits per heavy atom. The van der Waals surface area contributed by atoms with Crippen LogP contribution in [0.25, 0.3) is 0 Å². The highest BCUT2D eigenvalue weighted by atomic mass is 16.5. The summed E-state index contributed by atoms with van der Waals surface area (Å²) in [5.41, 5.74) is 0.0637. The number of carbonyl (C=O) groups excluding carboxylic acids is 1. The second-order valence-electron chi connectivity index (χ2n) is 3.60. The van der Waals surface area contributed by atoms with Crippen LogP contribution in [0.5, 0.6) is 0 Å². The predicted molar refractivity (Wildman–Crippen MR) is 46.9 cm³/mol. The Morgan fingerprint density at radius 3 is 2.67 bits per heavy atom. The first-order valence-corrected chi connectivity index (χ1v) is 4.55. The van der Waals surface area contributed by atoms with Crippen molar-refractivity contribution in [1.29, 1.82) is 0 Å². The minimum Gasteiger partial charge on any atom is -0.372 e. The molecule has 0 radical (unpaired) electrons. The number of hydrogen-bond donors (Lipinski definition) is 1. The van der Waals surface area contributed by atoms with Crippen LogP contribution in [0.3, 0.4) is 0 Å². The maximum Gasteiger partial charge on any atom is 0.246 e. The number of carbonyl (C=O) groups is 1. The third kappa shape index (κ3) is 2.48. The molecule has 0 aromatic heterocycles. The summed E-state index contributed by atoms with van der Waals surface area (Å²) in [6.07, 6.45) is 3.43. The lowest BCUT2D eigenvalue weighted by molar-refractivity contribution is -0.128. The molecular weight excluding hydrogens is 154 g/mol. The molecule has 0 aliphatic heterocycles. The molecule has 0 bridgehead atoms. The van der Waals surface area contributed by atoms with Crippen LogP contribution >= 0.6 is 0 Å². The van der Waals surface area contributed by atoms with Crippen LogP contribution in [0.15, 0.2) is 0 Å². The maximum absolute atomic E-state index is 11.2. The van der Waals surface area contributed by atoms with Gasteiger partial charge in [0, 0.05) is 12.1 Å². The molecule has 0 spiro atoms. The zero-order valence-electron chi connectivity index (χ0n) is 7.85. The number of amides is 1. The van der Waals surface area contributed by atoms with Gasteiger partial charge in [-0.2, -0.15) is 0 Å². The number of hydrogen-bond acceptors (Lipinski definition) is 2. The monoisotopic (exact) mass is 171 g/mol. The van der Waals surface area contributed by atoms with Crippen LogP contribution in [-0.4, -0.2) is 24.7 Å². The second kappa shape index (κ2) is 3.90. The molecule has 1 rings (SSSR count). The minimum absolute atomic E-state index is 0.0130. The standard InChI is InChI=1S/C9H17NO2/c1-3-12-7-8(11)10-9(2)5-4-6-9/h3-7H2,1-2H3,(H,10,11). The van der Waals surface area contributed by atoms with Gasteiger partial charge in [0.25, 0.3) is 0 Å². The van der Waals surface area contributed by atoms with E-state index >= 15 is 0 Å². The first kappa shape index (κ1) is 9.52. The van der Waals surface area contributed by atoms with Crippen molar-refractivity contribution in [2.45, 2.75) is 38.6 Å². The van der Waals surface area contributed by atoms with E-state index in [2.05, 4.69) is 12.2 Å². The van der Waals surface area contributed by atoms with Gasteiger partial charge in [0.1, 0.15) is 6.61 Å². The Balaban J connectivity index is 2.16. The van der Waals surface area contributed by atoms with Crippen molar-refractivity contribution in [3.63, 3.8) is 0 Å². The van der Waals surface area contributed by atoms with Crippen molar-refractivity contribution in [1.82, 2.24) is 5.32 Å². The van der Waals surface area contributed by atoms with Crippen LogP contribution in [0.4, 0.5) is 0 Å². The zero-order valence-corrected chi connectivity index (χ0v) is 7.85. The van der Waals surface area contributed by atoms with E-state index in [1.807, 2.05) is 6.92 Å². The SMILES string of the molecule is CCOCC(=O)NC1(C)CCC1. The molecule has 1 aliphatic carbocycles. The summed E-state index contributed by atoms with van der Waals surface area (Å²) in [5, 5.41) is 2.96. The molecule has 0 unspecified atom stereocenters. The van der Waals surface area contributed by atoms with E-state index in [4.69, 9.17) is 4.74 Å². The van der Waals surface area contributed by atoms with Crippen LogP contribution in [0.1, 0.15) is 33.1 Å². The number of nitrogens with one attached hydrogen (secondary N) is 1. The van der Waals surface area contributed by atoms with Gasteiger partial charge in [0.05, 0.1) is 0 Å². The van der Waals surface area contributed by atoms with E-state index in [-0.39, 0.29) is 18.1 Å². The summed E-state index contributed by atoms with van der Waals surface area (Å²) in [4.78, 5) is 11.2. The molecule has 0 aromatic rings. The Morgan fingerprint density at radius 1 is 1.58 bits per heavy atom. The predicted octanol–water partition coefficient (Wildman–Crippen LogP) is 1.08. The lowest BCUT2D eigenvalue weighted by atomic mass is 9.78. The van der Waals surface area contributed by atoms with Gasteiger partial charge in [-0.1, -0.05) is 0 Å². The van der Waals surface area contributed by atoms with Crippen molar-refractivity contribution in [3.8, 4) is 0 Å². The maximum atomic E-state index is 11.2. The summed E-state index contributed by atoms with van der Waals surface area (Å²) in [5.74, 6) is 0.0130. The van der Waals surface area contributed by atoms with Gasteiger partial charge < -0.3 is 10.1 Å². The Kier molecular flexibility index (Phi) is 3.09. The van der Waals surface area contributed by atoms with Gasteiger partial charge in [-0.25, -0.2) is 0 Å². The van der Waals surface area contributed by atoms with Crippen molar-refractivity contribution < 1.29 is 9.53 Å². The molecule has 70 valence electrons. The molecular formula is C9H17NO2. The third-order valence-corrected chi connectivity index (χ3v) is 2.34. The normalized spacial score (nSPS) is 19.8. The largest absolute Gasteiger partial charge is 0.372 e. The van der Waals surface area contributed by atoms with E-state index in [0.29, 0.717) is 6.61 Å². The van der Waals surface area contributed by atoms with Gasteiger partial charge >= 0.3 is 0 Å². The minimum atomic E-state index is 0.0130. The lowest BCUT2D eigenvalue weighted by Crippen LogP contribution is -2.52. The van der Waals surface area contributed by atoms with E-state index in [0.717, 1.165) is 12.8 Å². The molecule has 1 aliphatic rings. The fourth-order valence-electron chi connectivity index (χ4n) is 1.40. The molecule has 0 heterocycles. The van der Waals surface area contributed by atoms with Gasteiger partial charge in [-0.3, -0.25) is 4.79 Å². The zero-order chi connectivity index (χ0) is 9.03. The van der Waals surface area contributed by atoms with Crippen LogP contribution in [0, 0.1) is 0 Å². The van der Waals surface area contributed by atoms with Crippen molar-refractivity contribution >= 4 is 5.91 Å². The summed E-state index contributed by atoms with van der Waals surface area (Å²) >= 11 is 0. The van der Waals surface area contributed by atoms with E-state index in [1.165, 1.54) is 6.42 Å². The number of rotatable bonds is 4. The molecule has 1 N–H and O–H groups in total. The van der Waals surface area contributed by atoms with E-state index in [1.54, 1.807) is 0 Å². The highest BCUT2D eigenvalue weighted by molar-refractivity contribution is 5.78. The summed E-state index contributed by atoms with van der Waals surface area (Å²) < 4.78 is 5.00. The van der Waals surface area contributed by atoms with Crippen molar-refractivity contribution in [3.05, 3.63) is 0 Å². The lowest BCUT2D eigenvalue weighted by Gasteiger charge is -2.39. The summed E-state index contributed by atoms with van der Waals surface area (Å²) in [7, 11) is 0. The van der Waals surface area contributed by atoms with Gasteiger partial charge in [0.2, 0.25) is 5.91 Å². The van der Waals surface area contributed by atoms with Crippen LogP contribution < -0.4 is 5.32 Å².